The Morgan fingerprint density at radius 3 is 2.54 bits per heavy atom. The number of thioether (sulfide) groups is 1. The van der Waals surface area contributed by atoms with Gasteiger partial charge in [0, 0.05) is 34.1 Å². The smallest absolute Gasteiger partial charge is 0.313 e. The Morgan fingerprint density at radius 1 is 1.11 bits per heavy atom. The number of carboxylic acids is 1. The second-order valence-corrected chi connectivity index (χ2v) is 7.51. The van der Waals surface area contributed by atoms with Gasteiger partial charge in [-0.05, 0) is 35.9 Å². The van der Waals surface area contributed by atoms with Crippen molar-refractivity contribution in [1.29, 1.82) is 0 Å². The zero-order valence-corrected chi connectivity index (χ0v) is 16.2. The Balaban J connectivity index is 1.81. The molecule has 0 spiro atoms. The maximum Gasteiger partial charge on any atom is 0.313 e. The number of hydrogen-bond acceptors (Lipinski definition) is 4. The number of aromatic nitrogens is 1. The number of nitrogens with one attached hydrogen (secondary N) is 2. The first-order valence-electron chi connectivity index (χ1n) is 8.44. The monoisotopic (exact) mass is 416 g/mol. The van der Waals surface area contributed by atoms with Crippen molar-refractivity contribution in [3.05, 3.63) is 70.9 Å². The van der Waals surface area contributed by atoms with Gasteiger partial charge in [0.15, 0.2) is 0 Å². The average Bonchev–Trinajstić information content (AvgIpc) is 3.09. The van der Waals surface area contributed by atoms with Crippen molar-refractivity contribution in [3.63, 3.8) is 0 Å². The number of amides is 1. The normalized spacial score (nSPS) is 11.9. The van der Waals surface area contributed by atoms with Gasteiger partial charge < -0.3 is 15.4 Å². The standard InChI is InChI=1S/C20H17ClN2O4S/c21-14-7-5-12(6-8-14)19(26)23-17(20(27)28-11-18(24)25)9-13-10-22-16-4-2-1-3-15(13)16/h1-8,10,17,22H,9,11H2,(H,23,26)(H,24,25)/t17-/m0/s1. The van der Waals surface area contributed by atoms with E-state index in [0.29, 0.717) is 22.3 Å². The quantitative estimate of drug-likeness (QED) is 0.547. The summed E-state index contributed by atoms with van der Waals surface area (Å²) in [5.41, 5.74) is 2.15. The molecule has 3 rings (SSSR count). The van der Waals surface area contributed by atoms with Gasteiger partial charge >= 0.3 is 5.97 Å². The number of carbonyl (C=O) groups excluding carboxylic acids is 2. The molecular weight excluding hydrogens is 400 g/mol. The third-order valence-corrected chi connectivity index (χ3v) is 5.35. The van der Waals surface area contributed by atoms with Gasteiger partial charge in [-0.1, -0.05) is 41.6 Å². The molecule has 0 saturated carbocycles. The Labute approximate surface area is 170 Å². The maximum absolute atomic E-state index is 12.6. The van der Waals surface area contributed by atoms with Gasteiger partial charge in [-0.15, -0.1) is 0 Å². The van der Waals surface area contributed by atoms with E-state index in [2.05, 4.69) is 10.3 Å². The Hall–Kier alpha value is -2.77. The van der Waals surface area contributed by atoms with Gasteiger partial charge in [-0.25, -0.2) is 0 Å². The summed E-state index contributed by atoms with van der Waals surface area (Å²) in [6.07, 6.45) is 2.04. The van der Waals surface area contributed by atoms with E-state index in [9.17, 15) is 14.4 Å². The van der Waals surface area contributed by atoms with Crippen LogP contribution < -0.4 is 5.32 Å². The molecule has 0 saturated heterocycles. The van der Waals surface area contributed by atoms with Crippen LogP contribution in [0, 0.1) is 0 Å². The summed E-state index contributed by atoms with van der Waals surface area (Å²) in [6.45, 7) is 0. The van der Waals surface area contributed by atoms with Gasteiger partial charge in [0.05, 0.1) is 5.75 Å². The third-order valence-electron chi connectivity index (χ3n) is 4.13. The number of para-hydroxylation sites is 1. The molecule has 0 fully saturated rings. The second-order valence-electron chi connectivity index (χ2n) is 6.10. The van der Waals surface area contributed by atoms with Crippen molar-refractivity contribution in [2.45, 2.75) is 12.5 Å². The predicted molar refractivity (Wildman–Crippen MR) is 110 cm³/mol. The van der Waals surface area contributed by atoms with E-state index in [1.165, 1.54) is 0 Å². The average molecular weight is 417 g/mol. The number of halogens is 1. The highest BCUT2D eigenvalue weighted by atomic mass is 35.5. The molecule has 0 bridgehead atoms. The topological polar surface area (TPSA) is 99.3 Å². The molecule has 3 aromatic rings. The van der Waals surface area contributed by atoms with Crippen LogP contribution in [0.5, 0.6) is 0 Å². The summed E-state index contributed by atoms with van der Waals surface area (Å²) in [5, 5.41) is 12.6. The van der Waals surface area contributed by atoms with Gasteiger partial charge in [-0.3, -0.25) is 14.4 Å². The van der Waals surface area contributed by atoms with E-state index in [-0.39, 0.29) is 12.2 Å². The van der Waals surface area contributed by atoms with Crippen molar-refractivity contribution in [3.8, 4) is 0 Å². The molecule has 2 aromatic carbocycles. The van der Waals surface area contributed by atoms with E-state index >= 15 is 0 Å². The lowest BCUT2D eigenvalue weighted by Gasteiger charge is -2.17. The number of H-pyrrole nitrogens is 1. The number of carboxylic acid groups (broad SMARTS) is 1. The lowest BCUT2D eigenvalue weighted by molar-refractivity contribution is -0.134. The SMILES string of the molecule is O=C(O)CSC(=O)[C@H](Cc1c[nH]c2ccccc12)NC(=O)c1ccc(Cl)cc1. The lowest BCUT2D eigenvalue weighted by atomic mass is 10.1. The number of benzene rings is 2. The molecule has 1 aromatic heterocycles. The summed E-state index contributed by atoms with van der Waals surface area (Å²) >= 11 is 6.52. The van der Waals surface area contributed by atoms with Crippen molar-refractivity contribution >= 4 is 51.3 Å². The summed E-state index contributed by atoms with van der Waals surface area (Å²) in [5.74, 6) is -1.88. The van der Waals surface area contributed by atoms with Crippen LogP contribution in [0.25, 0.3) is 10.9 Å². The fourth-order valence-electron chi connectivity index (χ4n) is 2.79. The first-order chi connectivity index (χ1) is 13.4. The van der Waals surface area contributed by atoms with Crippen LogP contribution in [0.15, 0.2) is 54.7 Å². The molecule has 8 heteroatoms. The first kappa shape index (κ1) is 20.0. The molecule has 0 aliphatic carbocycles. The Kier molecular flexibility index (Phi) is 6.38. The molecule has 3 N–H and O–H groups in total. The van der Waals surface area contributed by atoms with Crippen LogP contribution in [0.3, 0.4) is 0 Å². The molecule has 1 amide bonds. The minimum Gasteiger partial charge on any atom is -0.481 e. The van der Waals surface area contributed by atoms with Gasteiger partial charge in [0.2, 0.25) is 5.12 Å². The predicted octanol–water partition coefficient (Wildman–Crippen LogP) is 3.51. The molecule has 0 radical (unpaired) electrons. The highest BCUT2D eigenvalue weighted by molar-refractivity contribution is 8.14. The minimum absolute atomic E-state index is 0.245. The number of fused-ring (bicyclic) bond motifs is 1. The van der Waals surface area contributed by atoms with E-state index in [4.69, 9.17) is 16.7 Å². The highest BCUT2D eigenvalue weighted by Crippen LogP contribution is 2.21. The maximum atomic E-state index is 12.6. The summed E-state index contributed by atoms with van der Waals surface area (Å²) in [6, 6.07) is 13.1. The van der Waals surface area contributed by atoms with E-state index in [1.54, 1.807) is 30.5 Å². The van der Waals surface area contributed by atoms with Crippen LogP contribution in [0.1, 0.15) is 15.9 Å². The van der Waals surface area contributed by atoms with Crippen molar-refractivity contribution in [2.24, 2.45) is 0 Å². The van der Waals surface area contributed by atoms with Gasteiger partial charge in [-0.2, -0.15) is 0 Å². The molecule has 1 heterocycles. The summed E-state index contributed by atoms with van der Waals surface area (Å²) in [7, 11) is 0. The Morgan fingerprint density at radius 2 is 1.82 bits per heavy atom. The van der Waals surface area contributed by atoms with Gasteiger partial charge in [0.25, 0.3) is 5.91 Å². The fraction of sp³-hybridized carbons (Fsp3) is 0.150. The molecule has 28 heavy (non-hydrogen) atoms. The van der Waals surface area contributed by atoms with Crippen LogP contribution >= 0.6 is 23.4 Å². The molecule has 0 aliphatic heterocycles. The fourth-order valence-corrected chi connectivity index (χ4v) is 3.53. The van der Waals surface area contributed by atoms with Crippen molar-refractivity contribution in [2.75, 3.05) is 5.75 Å². The number of aliphatic carboxylic acids is 1. The molecule has 6 nitrogen and oxygen atoms in total. The molecule has 0 unspecified atom stereocenters. The third kappa shape index (κ3) is 4.94. The van der Waals surface area contributed by atoms with Crippen LogP contribution in [-0.2, 0) is 16.0 Å². The summed E-state index contributed by atoms with van der Waals surface area (Å²) < 4.78 is 0. The number of aromatic amines is 1. The highest BCUT2D eigenvalue weighted by Gasteiger charge is 2.24. The zero-order valence-electron chi connectivity index (χ0n) is 14.6. The van der Waals surface area contributed by atoms with E-state index in [0.717, 1.165) is 16.5 Å². The largest absolute Gasteiger partial charge is 0.481 e. The van der Waals surface area contributed by atoms with E-state index < -0.39 is 23.0 Å². The number of hydrogen-bond donors (Lipinski definition) is 3. The van der Waals surface area contributed by atoms with Crippen molar-refractivity contribution in [1.82, 2.24) is 10.3 Å². The first-order valence-corrected chi connectivity index (χ1v) is 9.80. The van der Waals surface area contributed by atoms with Crippen LogP contribution in [-0.4, -0.2) is 38.9 Å². The van der Waals surface area contributed by atoms with Crippen LogP contribution in [0.4, 0.5) is 0 Å². The Bertz CT molecular complexity index is 1020. The number of carbonyl (C=O) groups is 3. The zero-order chi connectivity index (χ0) is 20.1. The molecule has 144 valence electrons. The number of rotatable bonds is 7. The van der Waals surface area contributed by atoms with E-state index in [1.807, 2.05) is 24.3 Å². The second kappa shape index (κ2) is 8.95. The molecule has 1 atom stereocenters. The summed E-state index contributed by atoms with van der Waals surface area (Å²) in [4.78, 5) is 39.1. The van der Waals surface area contributed by atoms with Gasteiger partial charge in [0.1, 0.15) is 6.04 Å². The van der Waals surface area contributed by atoms with Crippen LogP contribution in [0.2, 0.25) is 5.02 Å². The van der Waals surface area contributed by atoms with Crippen molar-refractivity contribution < 1.29 is 19.5 Å². The molecular formula is C20H17ClN2O4S. The molecule has 0 aliphatic rings. The minimum atomic E-state index is -1.09. The lowest BCUT2D eigenvalue weighted by Crippen LogP contribution is -2.41.